The van der Waals surface area contributed by atoms with Gasteiger partial charge in [0, 0.05) is 32.0 Å². The van der Waals surface area contributed by atoms with Gasteiger partial charge in [0.25, 0.3) is 0 Å². The van der Waals surface area contributed by atoms with E-state index in [0.29, 0.717) is 12.0 Å². The molecule has 0 N–H and O–H groups in total. The molecule has 3 atom stereocenters. The molecule has 1 fully saturated rings. The number of amides is 1. The van der Waals surface area contributed by atoms with Gasteiger partial charge in [-0.15, -0.1) is 0 Å². The SMILES string of the molecule is C[C@H](C(=O)N(C)C[C@@H]1CCN(C)[C@H]1c1cccnc1)n1cncn1. The van der Waals surface area contributed by atoms with Crippen LogP contribution in [0.2, 0.25) is 0 Å². The van der Waals surface area contributed by atoms with Crippen LogP contribution in [-0.4, -0.2) is 62.6 Å². The lowest BCUT2D eigenvalue weighted by Gasteiger charge is -2.29. The summed E-state index contributed by atoms with van der Waals surface area (Å²) in [6, 6.07) is 4.05. The Morgan fingerprint density at radius 2 is 2.29 bits per heavy atom. The molecule has 0 saturated carbocycles. The Hall–Kier alpha value is -2.28. The molecule has 1 aliphatic rings. The minimum Gasteiger partial charge on any atom is -0.344 e. The van der Waals surface area contributed by atoms with Crippen LogP contribution >= 0.6 is 0 Å². The summed E-state index contributed by atoms with van der Waals surface area (Å²) in [7, 11) is 4.01. The van der Waals surface area contributed by atoms with Crippen molar-refractivity contribution in [3.63, 3.8) is 0 Å². The van der Waals surface area contributed by atoms with E-state index >= 15 is 0 Å². The third-order valence-corrected chi connectivity index (χ3v) is 4.88. The van der Waals surface area contributed by atoms with E-state index in [1.54, 1.807) is 17.2 Å². The molecule has 1 amide bonds. The second-order valence-electron chi connectivity index (χ2n) is 6.53. The van der Waals surface area contributed by atoms with Gasteiger partial charge in [-0.25, -0.2) is 9.67 Å². The number of aromatic nitrogens is 4. The Labute approximate surface area is 142 Å². The monoisotopic (exact) mass is 328 g/mol. The van der Waals surface area contributed by atoms with Crippen molar-refractivity contribution in [3.05, 3.63) is 42.7 Å². The summed E-state index contributed by atoms with van der Waals surface area (Å²) in [5, 5.41) is 4.07. The fourth-order valence-electron chi connectivity index (χ4n) is 3.59. The summed E-state index contributed by atoms with van der Waals surface area (Å²) < 4.78 is 1.60. The molecule has 0 unspecified atom stereocenters. The van der Waals surface area contributed by atoms with E-state index in [9.17, 15) is 4.79 Å². The first kappa shape index (κ1) is 16.6. The van der Waals surface area contributed by atoms with Crippen molar-refractivity contribution in [2.75, 3.05) is 27.2 Å². The number of likely N-dealkylation sites (tertiary alicyclic amines) is 1. The summed E-state index contributed by atoms with van der Waals surface area (Å²) in [4.78, 5) is 25.0. The molecule has 0 bridgehead atoms. The van der Waals surface area contributed by atoms with E-state index in [1.807, 2.05) is 31.1 Å². The van der Waals surface area contributed by atoms with Crippen LogP contribution in [0.3, 0.4) is 0 Å². The minimum absolute atomic E-state index is 0.0555. The van der Waals surface area contributed by atoms with Crippen LogP contribution in [0.4, 0.5) is 0 Å². The van der Waals surface area contributed by atoms with Gasteiger partial charge in [-0.3, -0.25) is 14.7 Å². The lowest BCUT2D eigenvalue weighted by molar-refractivity contribution is -0.133. The highest BCUT2D eigenvalue weighted by Crippen LogP contribution is 2.36. The van der Waals surface area contributed by atoms with Crippen molar-refractivity contribution < 1.29 is 4.79 Å². The fraction of sp³-hybridized carbons (Fsp3) is 0.529. The van der Waals surface area contributed by atoms with Crippen LogP contribution in [0.5, 0.6) is 0 Å². The molecule has 2 aromatic heterocycles. The van der Waals surface area contributed by atoms with Gasteiger partial charge in [0.15, 0.2) is 0 Å². The van der Waals surface area contributed by atoms with Crippen molar-refractivity contribution in [3.8, 4) is 0 Å². The zero-order valence-electron chi connectivity index (χ0n) is 14.4. The highest BCUT2D eigenvalue weighted by Gasteiger charge is 2.35. The Kier molecular flexibility index (Phi) is 4.89. The first-order chi connectivity index (χ1) is 11.6. The molecule has 0 spiro atoms. The van der Waals surface area contributed by atoms with Crippen LogP contribution in [0.25, 0.3) is 0 Å². The third kappa shape index (κ3) is 3.31. The predicted molar refractivity (Wildman–Crippen MR) is 90.1 cm³/mol. The lowest BCUT2D eigenvalue weighted by Crippen LogP contribution is -2.38. The van der Waals surface area contributed by atoms with E-state index in [1.165, 1.54) is 11.9 Å². The fourth-order valence-corrected chi connectivity index (χ4v) is 3.59. The second kappa shape index (κ2) is 7.09. The minimum atomic E-state index is -0.339. The van der Waals surface area contributed by atoms with Gasteiger partial charge in [0.2, 0.25) is 5.91 Å². The van der Waals surface area contributed by atoms with Crippen LogP contribution in [0.15, 0.2) is 37.2 Å². The lowest BCUT2D eigenvalue weighted by atomic mass is 9.94. The van der Waals surface area contributed by atoms with Crippen LogP contribution in [0.1, 0.15) is 31.0 Å². The van der Waals surface area contributed by atoms with E-state index in [0.717, 1.165) is 19.5 Å². The molecule has 2 aromatic rings. The normalized spacial score (nSPS) is 22.5. The molecule has 7 nitrogen and oxygen atoms in total. The second-order valence-corrected chi connectivity index (χ2v) is 6.53. The Balaban J connectivity index is 1.69. The quantitative estimate of drug-likeness (QED) is 0.830. The number of carbonyl (C=O) groups is 1. The molecule has 0 radical (unpaired) electrons. The molecule has 128 valence electrons. The van der Waals surface area contributed by atoms with Gasteiger partial charge in [-0.2, -0.15) is 5.10 Å². The van der Waals surface area contributed by atoms with Crippen molar-refractivity contribution >= 4 is 5.91 Å². The highest BCUT2D eigenvalue weighted by atomic mass is 16.2. The van der Waals surface area contributed by atoms with Gasteiger partial charge in [0.05, 0.1) is 0 Å². The number of hydrogen-bond acceptors (Lipinski definition) is 5. The molecule has 3 rings (SSSR count). The molecule has 1 aliphatic heterocycles. The number of carbonyl (C=O) groups excluding carboxylic acids is 1. The van der Waals surface area contributed by atoms with E-state index in [-0.39, 0.29) is 11.9 Å². The van der Waals surface area contributed by atoms with E-state index in [4.69, 9.17) is 0 Å². The third-order valence-electron chi connectivity index (χ3n) is 4.88. The Morgan fingerprint density at radius 1 is 1.46 bits per heavy atom. The molecule has 3 heterocycles. The number of pyridine rings is 1. The zero-order chi connectivity index (χ0) is 17.1. The molecule has 24 heavy (non-hydrogen) atoms. The smallest absolute Gasteiger partial charge is 0.246 e. The maximum absolute atomic E-state index is 12.7. The topological polar surface area (TPSA) is 67.2 Å². The predicted octanol–water partition coefficient (Wildman–Crippen LogP) is 1.39. The maximum atomic E-state index is 12.7. The van der Waals surface area contributed by atoms with Crippen LogP contribution in [0, 0.1) is 5.92 Å². The molecule has 0 aromatic carbocycles. The molecule has 7 heteroatoms. The average Bonchev–Trinajstić information content (AvgIpc) is 3.24. The van der Waals surface area contributed by atoms with Gasteiger partial charge in [-0.1, -0.05) is 6.07 Å². The first-order valence-electron chi connectivity index (χ1n) is 8.27. The molecule has 1 saturated heterocycles. The standard InChI is InChI=1S/C17H24N6O/c1-13(23-12-19-11-20-23)17(24)22(3)10-15-6-8-21(2)16(15)14-5-4-7-18-9-14/h4-5,7,9,11-13,15-16H,6,8,10H2,1-3H3/t13-,15+,16+/m1/s1. The molecule has 0 aliphatic carbocycles. The van der Waals surface area contributed by atoms with E-state index in [2.05, 4.69) is 33.1 Å². The molecular formula is C17H24N6O. The van der Waals surface area contributed by atoms with Gasteiger partial charge >= 0.3 is 0 Å². The summed E-state index contributed by atoms with van der Waals surface area (Å²) in [6.07, 6.45) is 7.83. The highest BCUT2D eigenvalue weighted by molar-refractivity contribution is 5.79. The van der Waals surface area contributed by atoms with Crippen LogP contribution in [-0.2, 0) is 4.79 Å². The van der Waals surface area contributed by atoms with Crippen molar-refractivity contribution in [2.45, 2.75) is 25.4 Å². The number of likely N-dealkylation sites (N-methyl/N-ethyl adjacent to an activating group) is 1. The van der Waals surface area contributed by atoms with E-state index < -0.39 is 0 Å². The van der Waals surface area contributed by atoms with Gasteiger partial charge < -0.3 is 4.90 Å². The van der Waals surface area contributed by atoms with Crippen molar-refractivity contribution in [1.29, 1.82) is 0 Å². The Bertz CT molecular complexity index is 659. The van der Waals surface area contributed by atoms with Crippen LogP contribution < -0.4 is 0 Å². The summed E-state index contributed by atoms with van der Waals surface area (Å²) in [6.45, 7) is 3.61. The largest absolute Gasteiger partial charge is 0.344 e. The zero-order valence-corrected chi connectivity index (χ0v) is 14.4. The number of hydrogen-bond donors (Lipinski definition) is 0. The Morgan fingerprint density at radius 3 is 2.96 bits per heavy atom. The first-order valence-corrected chi connectivity index (χ1v) is 8.27. The molecular weight excluding hydrogens is 304 g/mol. The van der Waals surface area contributed by atoms with Gasteiger partial charge in [-0.05, 0) is 44.5 Å². The summed E-state index contributed by atoms with van der Waals surface area (Å²) in [5.41, 5.74) is 1.22. The van der Waals surface area contributed by atoms with Crippen molar-refractivity contribution in [1.82, 2.24) is 29.5 Å². The van der Waals surface area contributed by atoms with Crippen molar-refractivity contribution in [2.24, 2.45) is 5.92 Å². The number of rotatable bonds is 5. The summed E-state index contributed by atoms with van der Waals surface area (Å²) >= 11 is 0. The van der Waals surface area contributed by atoms with Gasteiger partial charge in [0.1, 0.15) is 18.7 Å². The maximum Gasteiger partial charge on any atom is 0.246 e. The average molecular weight is 328 g/mol. The number of nitrogens with zero attached hydrogens (tertiary/aromatic N) is 6. The summed E-state index contributed by atoms with van der Waals surface area (Å²) in [5.74, 6) is 0.455.